The Bertz CT molecular complexity index is 1320. The van der Waals surface area contributed by atoms with Gasteiger partial charge >= 0.3 is 6.36 Å². The van der Waals surface area contributed by atoms with Gasteiger partial charge in [0, 0.05) is 6.07 Å². The summed E-state index contributed by atoms with van der Waals surface area (Å²) >= 11 is 23.4. The van der Waals surface area contributed by atoms with Gasteiger partial charge in [-0.1, -0.05) is 51.6 Å². The van der Waals surface area contributed by atoms with Crippen molar-refractivity contribution in [1.29, 1.82) is 0 Å². The molecule has 1 aromatic heterocycles. The lowest BCUT2D eigenvalue weighted by molar-refractivity contribution is -0.274. The number of nitrogens with zero attached hydrogens (tertiary/aromatic N) is 3. The second kappa shape index (κ2) is 8.94. The monoisotopic (exact) mass is 548 g/mol. The summed E-state index contributed by atoms with van der Waals surface area (Å²) in [4.78, 5) is 11.8. The van der Waals surface area contributed by atoms with Crippen molar-refractivity contribution in [2.75, 3.05) is 0 Å². The molecule has 32 heavy (non-hydrogen) atoms. The first-order valence-electron chi connectivity index (χ1n) is 7.96. The minimum Gasteiger partial charge on any atom is -0.406 e. The summed E-state index contributed by atoms with van der Waals surface area (Å²) in [5.74, 6) is -1.75. The summed E-state index contributed by atoms with van der Waals surface area (Å²) in [6.45, 7) is 0. The van der Waals surface area contributed by atoms with Crippen LogP contribution in [-0.2, 0) is 10.0 Å². The maximum Gasteiger partial charge on any atom is 0.573 e. The molecule has 3 rings (SSSR count). The summed E-state index contributed by atoms with van der Waals surface area (Å²) in [5, 5.41) is 6.56. The Kier molecular flexibility index (Phi) is 6.82. The average Bonchev–Trinajstić information content (AvgIpc) is 3.13. The van der Waals surface area contributed by atoms with Crippen LogP contribution in [0.15, 0.2) is 41.4 Å². The predicted molar refractivity (Wildman–Crippen MR) is 109 cm³/mol. The minimum atomic E-state index is -4.91. The third-order valence-corrected chi connectivity index (χ3v) is 6.44. The number of hydrogen-bond donors (Lipinski definition) is 1. The Morgan fingerprint density at radius 1 is 1.00 bits per heavy atom. The molecule has 0 bridgehead atoms. The SMILES string of the molecule is O=C(NS(=O)(=O)c1cc(Cl)c(Cl)cc1Cl)c1cn(-c2ccc(OC(F)(F)F)cc2Cl)nn1. The highest BCUT2D eigenvalue weighted by molar-refractivity contribution is 7.90. The van der Waals surface area contributed by atoms with E-state index in [1.165, 1.54) is 0 Å². The predicted octanol–water partition coefficient (Wildman–Crippen LogP) is 4.90. The number of carbonyl (C=O) groups excluding carboxylic acids is 1. The van der Waals surface area contributed by atoms with E-state index in [1.807, 2.05) is 0 Å². The molecule has 0 aliphatic heterocycles. The van der Waals surface area contributed by atoms with Gasteiger partial charge in [0.05, 0.1) is 32.0 Å². The standard InChI is InChI=1S/C16H7Cl4F3N4O4S/c17-8-4-11(20)14(5-9(8)18)32(29,30)25-15(28)12-6-27(26-24-12)13-2-1-7(3-10(13)19)31-16(21,22)23/h1-6H,(H,25,28). The fourth-order valence-electron chi connectivity index (χ4n) is 2.30. The van der Waals surface area contributed by atoms with Gasteiger partial charge in [0.25, 0.3) is 15.9 Å². The van der Waals surface area contributed by atoms with Gasteiger partial charge in [0.15, 0.2) is 5.69 Å². The lowest BCUT2D eigenvalue weighted by Gasteiger charge is -2.10. The number of alkyl halides is 3. The molecule has 0 aliphatic carbocycles. The molecule has 0 fully saturated rings. The van der Waals surface area contributed by atoms with E-state index in [9.17, 15) is 26.4 Å². The normalized spacial score (nSPS) is 12.0. The first-order valence-corrected chi connectivity index (χ1v) is 11.0. The van der Waals surface area contributed by atoms with Gasteiger partial charge in [0.1, 0.15) is 10.6 Å². The van der Waals surface area contributed by atoms with Crippen molar-refractivity contribution < 1.29 is 31.1 Å². The number of aromatic nitrogens is 3. The zero-order valence-corrected chi connectivity index (χ0v) is 18.8. The third-order valence-electron chi connectivity index (χ3n) is 3.62. The van der Waals surface area contributed by atoms with E-state index in [0.717, 1.165) is 41.2 Å². The molecule has 0 spiro atoms. The van der Waals surface area contributed by atoms with E-state index in [1.54, 1.807) is 4.72 Å². The van der Waals surface area contributed by atoms with E-state index in [2.05, 4.69) is 15.0 Å². The number of halogens is 7. The molecule has 0 aliphatic rings. The molecule has 3 aromatic rings. The molecule has 0 saturated carbocycles. The molecule has 2 aromatic carbocycles. The Balaban J connectivity index is 1.83. The van der Waals surface area contributed by atoms with Crippen LogP contribution in [0, 0.1) is 0 Å². The van der Waals surface area contributed by atoms with Crippen LogP contribution in [0.5, 0.6) is 5.75 Å². The molecule has 0 unspecified atom stereocenters. The van der Waals surface area contributed by atoms with Gasteiger partial charge in [-0.15, -0.1) is 18.3 Å². The summed E-state index contributed by atoms with van der Waals surface area (Å²) in [6.07, 6.45) is -3.90. The molecule has 0 atom stereocenters. The van der Waals surface area contributed by atoms with Gasteiger partial charge in [-0.25, -0.2) is 17.8 Å². The van der Waals surface area contributed by atoms with E-state index in [-0.39, 0.29) is 25.8 Å². The second-order valence-corrected chi connectivity index (χ2v) is 9.12. The minimum absolute atomic E-state index is 0.00779. The smallest absolute Gasteiger partial charge is 0.406 e. The summed E-state index contributed by atoms with van der Waals surface area (Å²) in [7, 11) is -4.46. The molecule has 1 amide bonds. The number of nitrogens with one attached hydrogen (secondary N) is 1. The summed E-state index contributed by atoms with van der Waals surface area (Å²) in [6, 6.07) is 5.03. The average molecular weight is 550 g/mol. The van der Waals surface area contributed by atoms with Crippen LogP contribution in [0.3, 0.4) is 0 Å². The van der Waals surface area contributed by atoms with Crippen molar-refractivity contribution in [1.82, 2.24) is 19.7 Å². The molecule has 16 heteroatoms. The Labute approximate surface area is 197 Å². The van der Waals surface area contributed by atoms with Crippen LogP contribution in [0.4, 0.5) is 13.2 Å². The van der Waals surface area contributed by atoms with E-state index >= 15 is 0 Å². The Morgan fingerprint density at radius 3 is 2.28 bits per heavy atom. The van der Waals surface area contributed by atoms with E-state index in [0.29, 0.717) is 0 Å². The van der Waals surface area contributed by atoms with E-state index < -0.39 is 38.6 Å². The molecule has 1 heterocycles. The van der Waals surface area contributed by atoms with Gasteiger partial charge in [-0.3, -0.25) is 4.79 Å². The molecular formula is C16H7Cl4F3N4O4S. The molecular weight excluding hydrogens is 543 g/mol. The summed E-state index contributed by atoms with van der Waals surface area (Å²) < 4.78 is 68.3. The van der Waals surface area contributed by atoms with Crippen molar-refractivity contribution >= 4 is 62.3 Å². The van der Waals surface area contributed by atoms with Crippen LogP contribution in [0.1, 0.15) is 10.5 Å². The van der Waals surface area contributed by atoms with Crippen molar-refractivity contribution in [3.63, 3.8) is 0 Å². The van der Waals surface area contributed by atoms with Gasteiger partial charge in [0.2, 0.25) is 0 Å². The number of amides is 1. The summed E-state index contributed by atoms with van der Waals surface area (Å²) in [5.41, 5.74) is -0.403. The molecule has 170 valence electrons. The first kappa shape index (κ1) is 24.4. The number of rotatable bonds is 5. The topological polar surface area (TPSA) is 103 Å². The Hall–Kier alpha value is -2.25. The highest BCUT2D eigenvalue weighted by atomic mass is 35.5. The highest BCUT2D eigenvalue weighted by Crippen LogP contribution is 2.32. The fourth-order valence-corrected chi connectivity index (χ4v) is 4.52. The first-order chi connectivity index (χ1) is 14.8. The molecule has 8 nitrogen and oxygen atoms in total. The zero-order valence-electron chi connectivity index (χ0n) is 15.0. The van der Waals surface area contributed by atoms with Crippen LogP contribution >= 0.6 is 46.4 Å². The highest BCUT2D eigenvalue weighted by Gasteiger charge is 2.31. The quantitative estimate of drug-likeness (QED) is 0.454. The van der Waals surface area contributed by atoms with Crippen LogP contribution < -0.4 is 9.46 Å². The van der Waals surface area contributed by atoms with Gasteiger partial charge in [-0.2, -0.15) is 0 Å². The van der Waals surface area contributed by atoms with Crippen molar-refractivity contribution in [2.45, 2.75) is 11.3 Å². The van der Waals surface area contributed by atoms with Crippen LogP contribution in [0.2, 0.25) is 20.1 Å². The van der Waals surface area contributed by atoms with Gasteiger partial charge < -0.3 is 4.74 Å². The number of ether oxygens (including phenoxy) is 1. The maximum atomic E-state index is 12.5. The van der Waals surface area contributed by atoms with Crippen LogP contribution in [-0.4, -0.2) is 35.7 Å². The molecule has 0 saturated heterocycles. The number of sulfonamides is 1. The van der Waals surface area contributed by atoms with E-state index in [4.69, 9.17) is 46.4 Å². The fraction of sp³-hybridized carbons (Fsp3) is 0.0625. The zero-order chi connectivity index (χ0) is 23.8. The van der Waals surface area contributed by atoms with Gasteiger partial charge in [-0.05, 0) is 24.3 Å². The third kappa shape index (κ3) is 5.56. The maximum absolute atomic E-state index is 12.5. The Morgan fingerprint density at radius 2 is 1.66 bits per heavy atom. The van der Waals surface area contributed by atoms with Crippen molar-refractivity contribution in [3.8, 4) is 11.4 Å². The lowest BCUT2D eigenvalue weighted by Crippen LogP contribution is -2.31. The largest absolute Gasteiger partial charge is 0.573 e. The van der Waals surface area contributed by atoms with Crippen LogP contribution in [0.25, 0.3) is 5.69 Å². The van der Waals surface area contributed by atoms with Crippen molar-refractivity contribution in [2.24, 2.45) is 0 Å². The second-order valence-electron chi connectivity index (χ2n) is 5.84. The van der Waals surface area contributed by atoms with Crippen molar-refractivity contribution in [3.05, 3.63) is 62.3 Å². The lowest BCUT2D eigenvalue weighted by atomic mass is 10.3. The number of carbonyl (C=O) groups is 1. The number of hydrogen-bond acceptors (Lipinski definition) is 6. The molecule has 0 radical (unpaired) electrons. The number of benzene rings is 2. The molecule has 1 N–H and O–H groups in total.